The van der Waals surface area contributed by atoms with Crippen LogP contribution in [0.1, 0.15) is 43.2 Å². The smallest absolute Gasteiger partial charge is 0.311 e. The van der Waals surface area contributed by atoms with Gasteiger partial charge in [0.1, 0.15) is 5.75 Å². The van der Waals surface area contributed by atoms with Gasteiger partial charge in [0.05, 0.1) is 4.90 Å². The van der Waals surface area contributed by atoms with Crippen molar-refractivity contribution in [3.05, 3.63) is 58.6 Å². The van der Waals surface area contributed by atoms with Crippen LogP contribution in [-0.2, 0) is 27.7 Å². The number of ether oxygens (including phenoxy) is 1. The Morgan fingerprint density at radius 1 is 1.00 bits per heavy atom. The third kappa shape index (κ3) is 5.80. The highest BCUT2D eigenvalue weighted by molar-refractivity contribution is 7.89. The van der Waals surface area contributed by atoms with Crippen LogP contribution in [0, 0.1) is 0 Å². The van der Waals surface area contributed by atoms with Gasteiger partial charge in [-0.15, -0.1) is 0 Å². The number of fused-ring (bicyclic) bond motifs is 1. The molecule has 0 atom stereocenters. The number of rotatable bonds is 9. The monoisotopic (exact) mass is 421 g/mol. The molecule has 0 spiro atoms. The van der Waals surface area contributed by atoms with E-state index in [9.17, 15) is 13.2 Å². The number of unbranched alkanes of at least 4 members (excludes halogenated alkanes) is 2. The van der Waals surface area contributed by atoms with Gasteiger partial charge < -0.3 is 4.74 Å². The summed E-state index contributed by atoms with van der Waals surface area (Å²) in [5.41, 5.74) is 2.62. The molecule has 2 aromatic carbocycles. The summed E-state index contributed by atoms with van der Waals surface area (Å²) in [4.78, 5) is 12.2. The molecular formula is C21H24ClNO4S. The molecule has 1 aliphatic carbocycles. The number of sulfonamides is 1. The molecule has 0 fully saturated rings. The molecule has 3 rings (SSSR count). The zero-order valence-corrected chi connectivity index (χ0v) is 17.2. The van der Waals surface area contributed by atoms with Gasteiger partial charge in [0.2, 0.25) is 10.0 Å². The van der Waals surface area contributed by atoms with E-state index in [0.717, 1.165) is 25.7 Å². The summed E-state index contributed by atoms with van der Waals surface area (Å²) >= 11 is 5.77. The molecule has 7 heteroatoms. The highest BCUT2D eigenvalue weighted by Gasteiger charge is 2.14. The minimum Gasteiger partial charge on any atom is -0.427 e. The minimum absolute atomic E-state index is 0.190. The first-order valence-electron chi connectivity index (χ1n) is 9.52. The Labute approximate surface area is 171 Å². The van der Waals surface area contributed by atoms with E-state index in [-0.39, 0.29) is 10.9 Å². The molecule has 0 aromatic heterocycles. The molecule has 0 bridgehead atoms. The van der Waals surface area contributed by atoms with Crippen molar-refractivity contribution >= 4 is 27.6 Å². The molecule has 1 N–H and O–H groups in total. The number of nitrogens with one attached hydrogen (secondary N) is 1. The zero-order valence-electron chi connectivity index (χ0n) is 15.6. The molecule has 0 aliphatic heterocycles. The lowest BCUT2D eigenvalue weighted by Gasteiger charge is -2.08. The number of halogens is 1. The maximum absolute atomic E-state index is 12.1. The lowest BCUT2D eigenvalue weighted by atomic mass is 10.1. The van der Waals surface area contributed by atoms with Gasteiger partial charge in [-0.25, -0.2) is 13.1 Å². The van der Waals surface area contributed by atoms with Crippen LogP contribution in [-0.4, -0.2) is 20.9 Å². The Morgan fingerprint density at radius 2 is 1.75 bits per heavy atom. The van der Waals surface area contributed by atoms with Crippen LogP contribution in [0.25, 0.3) is 0 Å². The Balaban J connectivity index is 1.33. The second-order valence-electron chi connectivity index (χ2n) is 6.92. The Bertz CT molecular complexity index is 926. The van der Waals surface area contributed by atoms with Crippen molar-refractivity contribution in [2.45, 2.75) is 49.8 Å². The van der Waals surface area contributed by atoms with Gasteiger partial charge in [0.15, 0.2) is 0 Å². The SMILES string of the molecule is O=C(CCCCCNS(=O)(=O)c1ccc(Cl)cc1)Oc1ccc2c(c1)CCC2. The summed E-state index contributed by atoms with van der Waals surface area (Å²) in [6.07, 6.45) is 5.68. The first-order valence-corrected chi connectivity index (χ1v) is 11.4. The second kappa shape index (κ2) is 9.54. The van der Waals surface area contributed by atoms with E-state index in [4.69, 9.17) is 16.3 Å². The van der Waals surface area contributed by atoms with Crippen LogP contribution in [0.15, 0.2) is 47.4 Å². The molecule has 0 saturated carbocycles. The minimum atomic E-state index is -3.53. The molecule has 0 heterocycles. The van der Waals surface area contributed by atoms with E-state index in [0.29, 0.717) is 36.6 Å². The molecule has 0 unspecified atom stereocenters. The molecule has 0 radical (unpaired) electrons. The maximum Gasteiger partial charge on any atom is 0.311 e. The first-order chi connectivity index (χ1) is 13.4. The predicted molar refractivity (Wildman–Crippen MR) is 109 cm³/mol. The molecule has 5 nitrogen and oxygen atoms in total. The van der Waals surface area contributed by atoms with E-state index in [1.807, 2.05) is 18.2 Å². The van der Waals surface area contributed by atoms with E-state index in [1.165, 1.54) is 23.3 Å². The van der Waals surface area contributed by atoms with Crippen molar-refractivity contribution in [2.75, 3.05) is 6.54 Å². The topological polar surface area (TPSA) is 72.5 Å². The number of aryl methyl sites for hydroxylation is 2. The van der Waals surface area contributed by atoms with Crippen molar-refractivity contribution in [2.24, 2.45) is 0 Å². The molecule has 150 valence electrons. The summed E-state index contributed by atoms with van der Waals surface area (Å²) in [7, 11) is -3.53. The normalized spacial score (nSPS) is 13.3. The first kappa shape index (κ1) is 20.8. The molecule has 2 aromatic rings. The van der Waals surface area contributed by atoms with Gasteiger partial charge in [-0.3, -0.25) is 4.79 Å². The Hall–Kier alpha value is -1.89. The molecule has 0 saturated heterocycles. The van der Waals surface area contributed by atoms with Gasteiger partial charge in [-0.2, -0.15) is 0 Å². The zero-order chi connectivity index (χ0) is 20.0. The van der Waals surface area contributed by atoms with E-state index < -0.39 is 10.0 Å². The number of benzene rings is 2. The van der Waals surface area contributed by atoms with Gasteiger partial charge in [0.25, 0.3) is 0 Å². The van der Waals surface area contributed by atoms with Crippen LogP contribution >= 0.6 is 11.6 Å². The van der Waals surface area contributed by atoms with E-state index >= 15 is 0 Å². The van der Waals surface area contributed by atoms with Crippen molar-refractivity contribution in [3.63, 3.8) is 0 Å². The highest BCUT2D eigenvalue weighted by atomic mass is 35.5. The highest BCUT2D eigenvalue weighted by Crippen LogP contribution is 2.26. The number of carbonyl (C=O) groups excluding carboxylic acids is 1. The summed E-state index contributed by atoms with van der Waals surface area (Å²) in [6.45, 7) is 0.324. The fraction of sp³-hybridized carbons (Fsp3) is 0.381. The molecule has 0 amide bonds. The lowest BCUT2D eigenvalue weighted by molar-refractivity contribution is -0.134. The average Bonchev–Trinajstić information content (AvgIpc) is 3.12. The average molecular weight is 422 g/mol. The van der Waals surface area contributed by atoms with Crippen LogP contribution in [0.5, 0.6) is 5.75 Å². The quantitative estimate of drug-likeness (QED) is 0.372. The number of carbonyl (C=O) groups is 1. The van der Waals surface area contributed by atoms with Crippen LogP contribution in [0.3, 0.4) is 0 Å². The van der Waals surface area contributed by atoms with Gasteiger partial charge >= 0.3 is 5.97 Å². The fourth-order valence-corrected chi connectivity index (χ4v) is 4.47. The maximum atomic E-state index is 12.1. The summed E-state index contributed by atoms with van der Waals surface area (Å²) < 4.78 is 32.2. The summed E-state index contributed by atoms with van der Waals surface area (Å²) in [5, 5.41) is 0.491. The third-order valence-electron chi connectivity index (χ3n) is 4.78. The Kier molecular flexibility index (Phi) is 7.10. The largest absolute Gasteiger partial charge is 0.427 e. The van der Waals surface area contributed by atoms with Gasteiger partial charge in [-0.05, 0) is 79.6 Å². The fourth-order valence-electron chi connectivity index (χ4n) is 3.27. The van der Waals surface area contributed by atoms with Gasteiger partial charge in [0, 0.05) is 18.0 Å². The van der Waals surface area contributed by atoms with Crippen molar-refractivity contribution in [1.29, 1.82) is 0 Å². The number of hydrogen-bond acceptors (Lipinski definition) is 4. The molecular weight excluding hydrogens is 398 g/mol. The van der Waals surface area contributed by atoms with E-state index in [1.54, 1.807) is 12.1 Å². The van der Waals surface area contributed by atoms with Crippen molar-refractivity contribution in [1.82, 2.24) is 4.72 Å². The lowest BCUT2D eigenvalue weighted by Crippen LogP contribution is -2.24. The second-order valence-corrected chi connectivity index (χ2v) is 9.12. The Morgan fingerprint density at radius 3 is 2.54 bits per heavy atom. The van der Waals surface area contributed by atoms with E-state index in [2.05, 4.69) is 4.72 Å². The van der Waals surface area contributed by atoms with Gasteiger partial charge in [-0.1, -0.05) is 24.1 Å². The number of hydrogen-bond donors (Lipinski definition) is 1. The number of esters is 1. The van der Waals surface area contributed by atoms with Crippen LogP contribution in [0.4, 0.5) is 0 Å². The summed E-state index contributed by atoms with van der Waals surface area (Å²) in [6, 6.07) is 11.9. The summed E-state index contributed by atoms with van der Waals surface area (Å²) in [5.74, 6) is 0.362. The predicted octanol–water partition coefficient (Wildman–Crippen LogP) is 4.27. The standard InChI is InChI=1S/C21H24ClNO4S/c22-18-9-12-20(13-10-18)28(25,26)23-14-3-1-2-7-21(24)27-19-11-8-16-5-4-6-17(16)15-19/h8-13,15,23H,1-7,14H2. The van der Waals surface area contributed by atoms with Crippen molar-refractivity contribution in [3.8, 4) is 5.75 Å². The third-order valence-corrected chi connectivity index (χ3v) is 6.50. The molecule has 1 aliphatic rings. The van der Waals surface area contributed by atoms with Crippen LogP contribution in [0.2, 0.25) is 5.02 Å². The van der Waals surface area contributed by atoms with Crippen molar-refractivity contribution < 1.29 is 17.9 Å². The van der Waals surface area contributed by atoms with Crippen LogP contribution < -0.4 is 9.46 Å². The molecule has 28 heavy (non-hydrogen) atoms.